The Hall–Kier alpha value is -2.73. The number of benzene rings is 2. The largest absolute Gasteiger partial charge is 0.486 e. The molecule has 0 aliphatic carbocycles. The maximum Gasteiger partial charge on any atom is 0.252 e. The summed E-state index contributed by atoms with van der Waals surface area (Å²) in [6, 6.07) is 10.8. The zero-order chi connectivity index (χ0) is 19.0. The summed E-state index contributed by atoms with van der Waals surface area (Å²) < 4.78 is 11.1. The Bertz CT molecular complexity index is 966. The molecule has 0 radical (unpaired) electrons. The molecule has 1 amide bonds. The van der Waals surface area contributed by atoms with Crippen LogP contribution in [0, 0.1) is 5.92 Å². The van der Waals surface area contributed by atoms with E-state index < -0.39 is 0 Å². The molecule has 4 rings (SSSR count). The van der Waals surface area contributed by atoms with Gasteiger partial charge in [0, 0.05) is 5.56 Å². The predicted octanol–water partition coefficient (Wildman–Crippen LogP) is 4.11. The minimum absolute atomic E-state index is 0.141. The standard InChI is InChI=1S/C20H20ClN3O3/c1-11(2)17(19-22-14-5-3-4-6-15(14)23-19)24-20(25)12-9-13(21)18-16(10-12)26-7-8-27-18/h3-6,9-11,17H,7-8H2,1-2H3,(H,22,23)(H,24,25)/t17-/m1/s1. The number of carbonyl (C=O) groups excluding carboxylic acids is 1. The average Bonchev–Trinajstić information content (AvgIpc) is 3.09. The van der Waals surface area contributed by atoms with Crippen LogP contribution in [0.4, 0.5) is 0 Å². The molecule has 140 valence electrons. The Labute approximate surface area is 161 Å². The number of hydrogen-bond donors (Lipinski definition) is 2. The van der Waals surface area contributed by atoms with E-state index in [4.69, 9.17) is 21.1 Å². The lowest BCUT2D eigenvalue weighted by Crippen LogP contribution is -2.32. The van der Waals surface area contributed by atoms with E-state index in [0.717, 1.165) is 16.9 Å². The van der Waals surface area contributed by atoms with Gasteiger partial charge in [-0.15, -0.1) is 0 Å². The van der Waals surface area contributed by atoms with E-state index in [2.05, 4.69) is 15.3 Å². The zero-order valence-electron chi connectivity index (χ0n) is 15.1. The van der Waals surface area contributed by atoms with Crippen molar-refractivity contribution in [3.05, 3.63) is 52.8 Å². The number of amides is 1. The Morgan fingerprint density at radius 1 is 1.22 bits per heavy atom. The molecule has 0 saturated heterocycles. The molecular formula is C20H20ClN3O3. The summed E-state index contributed by atoms with van der Waals surface area (Å²) in [5.41, 5.74) is 2.23. The van der Waals surface area contributed by atoms with E-state index in [0.29, 0.717) is 35.3 Å². The van der Waals surface area contributed by atoms with Crippen LogP contribution in [-0.4, -0.2) is 29.1 Å². The number of hydrogen-bond acceptors (Lipinski definition) is 4. The van der Waals surface area contributed by atoms with Crippen molar-refractivity contribution in [2.45, 2.75) is 19.9 Å². The van der Waals surface area contributed by atoms with E-state index in [9.17, 15) is 4.79 Å². The van der Waals surface area contributed by atoms with Crippen LogP contribution in [-0.2, 0) is 0 Å². The molecule has 1 aliphatic heterocycles. The highest BCUT2D eigenvalue weighted by molar-refractivity contribution is 6.32. The fourth-order valence-electron chi connectivity index (χ4n) is 3.14. The molecule has 0 saturated carbocycles. The van der Waals surface area contributed by atoms with E-state index in [-0.39, 0.29) is 17.9 Å². The number of aromatic amines is 1. The third-order valence-corrected chi connectivity index (χ3v) is 4.80. The van der Waals surface area contributed by atoms with Crippen molar-refractivity contribution < 1.29 is 14.3 Å². The van der Waals surface area contributed by atoms with Crippen molar-refractivity contribution in [3.8, 4) is 11.5 Å². The van der Waals surface area contributed by atoms with Crippen LogP contribution in [0.1, 0.15) is 36.1 Å². The Morgan fingerprint density at radius 3 is 2.78 bits per heavy atom. The van der Waals surface area contributed by atoms with E-state index in [1.165, 1.54) is 0 Å². The van der Waals surface area contributed by atoms with Gasteiger partial charge in [-0.3, -0.25) is 4.79 Å². The first-order valence-corrected chi connectivity index (χ1v) is 9.25. The number of ether oxygens (including phenoxy) is 2. The van der Waals surface area contributed by atoms with Crippen LogP contribution in [0.5, 0.6) is 11.5 Å². The van der Waals surface area contributed by atoms with Crippen molar-refractivity contribution in [1.82, 2.24) is 15.3 Å². The smallest absolute Gasteiger partial charge is 0.252 e. The summed E-state index contributed by atoms with van der Waals surface area (Å²) in [4.78, 5) is 20.8. The minimum atomic E-state index is -0.267. The van der Waals surface area contributed by atoms with Gasteiger partial charge in [-0.25, -0.2) is 4.98 Å². The molecule has 3 aromatic rings. The molecule has 2 aromatic carbocycles. The maximum absolute atomic E-state index is 12.9. The van der Waals surface area contributed by atoms with Gasteiger partial charge < -0.3 is 19.8 Å². The fourth-order valence-corrected chi connectivity index (χ4v) is 3.40. The molecular weight excluding hydrogens is 366 g/mol. The van der Waals surface area contributed by atoms with Crippen LogP contribution >= 0.6 is 11.6 Å². The molecule has 0 fully saturated rings. The number of aromatic nitrogens is 2. The highest BCUT2D eigenvalue weighted by Crippen LogP contribution is 2.38. The number of imidazole rings is 1. The number of nitrogens with one attached hydrogen (secondary N) is 2. The molecule has 0 unspecified atom stereocenters. The van der Waals surface area contributed by atoms with Gasteiger partial charge in [0.1, 0.15) is 19.0 Å². The van der Waals surface area contributed by atoms with Crippen LogP contribution in [0.3, 0.4) is 0 Å². The summed E-state index contributed by atoms with van der Waals surface area (Å²) in [6.07, 6.45) is 0. The van der Waals surface area contributed by atoms with Crippen molar-refractivity contribution >= 4 is 28.5 Å². The van der Waals surface area contributed by atoms with E-state index >= 15 is 0 Å². The van der Waals surface area contributed by atoms with E-state index in [1.807, 2.05) is 38.1 Å². The van der Waals surface area contributed by atoms with Gasteiger partial charge in [0.15, 0.2) is 11.5 Å². The van der Waals surface area contributed by atoms with E-state index in [1.54, 1.807) is 12.1 Å². The predicted molar refractivity (Wildman–Crippen MR) is 104 cm³/mol. The second kappa shape index (κ2) is 7.12. The fraction of sp³-hybridized carbons (Fsp3) is 0.300. The number of nitrogens with zero attached hydrogens (tertiary/aromatic N) is 1. The molecule has 27 heavy (non-hydrogen) atoms. The lowest BCUT2D eigenvalue weighted by atomic mass is 10.0. The van der Waals surface area contributed by atoms with Crippen LogP contribution < -0.4 is 14.8 Å². The van der Waals surface area contributed by atoms with Crippen molar-refractivity contribution in [2.75, 3.05) is 13.2 Å². The molecule has 1 atom stereocenters. The molecule has 2 heterocycles. The molecule has 0 bridgehead atoms. The lowest BCUT2D eigenvalue weighted by molar-refractivity contribution is 0.0922. The SMILES string of the molecule is CC(C)[C@@H](NC(=O)c1cc(Cl)c2c(c1)OCCO2)c1nc2ccccc2[nH]1. The number of H-pyrrole nitrogens is 1. The van der Waals surface area contributed by atoms with Crippen molar-refractivity contribution in [3.63, 3.8) is 0 Å². The maximum atomic E-state index is 12.9. The first-order valence-electron chi connectivity index (χ1n) is 8.87. The van der Waals surface area contributed by atoms with Gasteiger partial charge in [0.05, 0.1) is 22.1 Å². The quantitative estimate of drug-likeness (QED) is 0.708. The summed E-state index contributed by atoms with van der Waals surface area (Å²) in [7, 11) is 0. The van der Waals surface area contributed by atoms with Gasteiger partial charge >= 0.3 is 0 Å². The van der Waals surface area contributed by atoms with Gasteiger partial charge in [0.25, 0.3) is 5.91 Å². The Balaban J connectivity index is 1.62. The number of rotatable bonds is 4. The van der Waals surface area contributed by atoms with Crippen molar-refractivity contribution in [1.29, 1.82) is 0 Å². The molecule has 0 spiro atoms. The minimum Gasteiger partial charge on any atom is -0.486 e. The summed E-state index contributed by atoms with van der Waals surface area (Å²) in [5.74, 6) is 1.60. The molecule has 2 N–H and O–H groups in total. The highest BCUT2D eigenvalue weighted by Gasteiger charge is 2.24. The molecule has 6 nitrogen and oxygen atoms in total. The van der Waals surface area contributed by atoms with Gasteiger partial charge in [0.2, 0.25) is 0 Å². The topological polar surface area (TPSA) is 76.2 Å². The van der Waals surface area contributed by atoms with Crippen LogP contribution in [0.15, 0.2) is 36.4 Å². The second-order valence-electron chi connectivity index (χ2n) is 6.82. The average molecular weight is 386 g/mol. The van der Waals surface area contributed by atoms with Gasteiger partial charge in [-0.2, -0.15) is 0 Å². The summed E-state index contributed by atoms with van der Waals surface area (Å²) in [6.45, 7) is 4.95. The van der Waals surface area contributed by atoms with Crippen LogP contribution in [0.25, 0.3) is 11.0 Å². The van der Waals surface area contributed by atoms with Crippen molar-refractivity contribution in [2.24, 2.45) is 5.92 Å². The third kappa shape index (κ3) is 3.45. The van der Waals surface area contributed by atoms with Gasteiger partial charge in [-0.05, 0) is 30.2 Å². The molecule has 1 aromatic heterocycles. The molecule has 7 heteroatoms. The van der Waals surface area contributed by atoms with Crippen LogP contribution in [0.2, 0.25) is 5.02 Å². The zero-order valence-corrected chi connectivity index (χ0v) is 15.8. The first kappa shape index (κ1) is 17.7. The Kier molecular flexibility index (Phi) is 4.66. The third-order valence-electron chi connectivity index (χ3n) is 4.51. The summed E-state index contributed by atoms with van der Waals surface area (Å²) >= 11 is 6.26. The number of carbonyl (C=O) groups is 1. The van der Waals surface area contributed by atoms with Gasteiger partial charge in [-0.1, -0.05) is 37.6 Å². The number of para-hydroxylation sites is 2. The highest BCUT2D eigenvalue weighted by atomic mass is 35.5. The second-order valence-corrected chi connectivity index (χ2v) is 7.22. The summed E-state index contributed by atoms with van der Waals surface area (Å²) in [5, 5.41) is 3.42. The monoisotopic (exact) mass is 385 g/mol. The Morgan fingerprint density at radius 2 is 2.00 bits per heavy atom. The molecule has 1 aliphatic rings. The number of fused-ring (bicyclic) bond motifs is 2. The normalized spacial score (nSPS) is 14.4. The lowest BCUT2D eigenvalue weighted by Gasteiger charge is -2.22. The first-order chi connectivity index (χ1) is 13.0. The number of halogens is 1.